The first-order chi connectivity index (χ1) is 9.22. The van der Waals surface area contributed by atoms with E-state index in [9.17, 15) is 4.39 Å². The highest BCUT2D eigenvalue weighted by Gasteiger charge is 2.27. The van der Waals surface area contributed by atoms with Gasteiger partial charge in [0.2, 0.25) is 0 Å². The maximum atomic E-state index is 13.6. The lowest BCUT2D eigenvalue weighted by Crippen LogP contribution is -2.32. The Bertz CT molecular complexity index is 413. The number of hydrogen-bond acceptors (Lipinski definition) is 2. The molecule has 1 heterocycles. The maximum absolute atomic E-state index is 13.6. The van der Waals surface area contributed by atoms with Gasteiger partial charge in [-0.25, -0.2) is 4.39 Å². The normalized spacial score (nSPS) is 23.5. The van der Waals surface area contributed by atoms with Gasteiger partial charge in [0.25, 0.3) is 0 Å². The Morgan fingerprint density at radius 1 is 1.47 bits per heavy atom. The van der Waals surface area contributed by atoms with Crippen molar-refractivity contribution in [2.24, 2.45) is 5.92 Å². The summed E-state index contributed by atoms with van der Waals surface area (Å²) in [5.41, 5.74) is 0.948. The molecule has 1 aliphatic heterocycles. The second-order valence-electron chi connectivity index (χ2n) is 5.07. The lowest BCUT2D eigenvalue weighted by Gasteiger charge is -2.32. The molecular weight excluding hydrogens is 309 g/mol. The van der Waals surface area contributed by atoms with Crippen LogP contribution in [0.3, 0.4) is 0 Å². The van der Waals surface area contributed by atoms with Gasteiger partial charge in [-0.1, -0.05) is 13.0 Å². The summed E-state index contributed by atoms with van der Waals surface area (Å²) in [4.78, 5) is 0. The van der Waals surface area contributed by atoms with Gasteiger partial charge in [-0.2, -0.15) is 0 Å². The van der Waals surface area contributed by atoms with Crippen LogP contribution in [-0.4, -0.2) is 19.7 Å². The van der Waals surface area contributed by atoms with Crippen molar-refractivity contribution in [3.63, 3.8) is 0 Å². The van der Waals surface area contributed by atoms with Gasteiger partial charge < -0.3 is 10.1 Å². The minimum Gasteiger partial charge on any atom is -0.373 e. The smallest absolute Gasteiger partial charge is 0.137 e. The zero-order valence-corrected chi connectivity index (χ0v) is 12.9. The van der Waals surface area contributed by atoms with E-state index in [0.717, 1.165) is 44.5 Å². The highest BCUT2D eigenvalue weighted by Crippen LogP contribution is 2.34. The molecule has 0 spiro atoms. The zero-order valence-electron chi connectivity index (χ0n) is 11.3. The minimum atomic E-state index is -0.216. The van der Waals surface area contributed by atoms with Crippen LogP contribution in [0.4, 0.5) is 4.39 Å². The molecule has 2 rings (SSSR count). The molecule has 0 amide bonds. The summed E-state index contributed by atoms with van der Waals surface area (Å²) in [5.74, 6) is 0.216. The largest absolute Gasteiger partial charge is 0.373 e. The molecule has 1 aliphatic rings. The lowest BCUT2D eigenvalue weighted by molar-refractivity contribution is -0.0278. The van der Waals surface area contributed by atoms with Crippen LogP contribution in [0.1, 0.15) is 37.9 Å². The van der Waals surface area contributed by atoms with Gasteiger partial charge in [0.15, 0.2) is 0 Å². The van der Waals surface area contributed by atoms with Gasteiger partial charge in [-0.3, -0.25) is 0 Å². The van der Waals surface area contributed by atoms with Crippen LogP contribution in [0.5, 0.6) is 0 Å². The van der Waals surface area contributed by atoms with Crippen LogP contribution in [0, 0.1) is 11.7 Å². The minimum absolute atomic E-state index is 0.0145. The molecule has 0 aliphatic carbocycles. The van der Waals surface area contributed by atoms with E-state index >= 15 is 0 Å². The summed E-state index contributed by atoms with van der Waals surface area (Å²) in [6, 6.07) is 5.31. The molecule has 19 heavy (non-hydrogen) atoms. The second kappa shape index (κ2) is 7.36. The van der Waals surface area contributed by atoms with Crippen molar-refractivity contribution in [3.05, 3.63) is 34.1 Å². The number of ether oxygens (including phenoxy) is 1. The summed E-state index contributed by atoms with van der Waals surface area (Å²) >= 11 is 3.19. The predicted molar refractivity (Wildman–Crippen MR) is 78.7 cm³/mol. The van der Waals surface area contributed by atoms with E-state index in [0.29, 0.717) is 10.4 Å². The van der Waals surface area contributed by atoms with Crippen LogP contribution >= 0.6 is 15.9 Å². The molecule has 106 valence electrons. The van der Waals surface area contributed by atoms with E-state index in [2.05, 4.69) is 28.2 Å². The highest BCUT2D eigenvalue weighted by atomic mass is 79.9. The van der Waals surface area contributed by atoms with Crippen molar-refractivity contribution in [3.8, 4) is 0 Å². The van der Waals surface area contributed by atoms with Gasteiger partial charge in [0, 0.05) is 19.1 Å². The van der Waals surface area contributed by atoms with E-state index in [1.807, 2.05) is 6.07 Å². The predicted octanol–water partition coefficient (Wildman–Crippen LogP) is 4.06. The average Bonchev–Trinajstić information content (AvgIpc) is 2.43. The lowest BCUT2D eigenvalue weighted by atomic mass is 9.89. The van der Waals surface area contributed by atoms with Crippen molar-refractivity contribution in [2.45, 2.75) is 32.3 Å². The van der Waals surface area contributed by atoms with Crippen molar-refractivity contribution in [2.75, 3.05) is 19.7 Å². The SMILES string of the molecule is CCCNCC1CCCOC1c1ccc(Br)c(F)c1. The summed E-state index contributed by atoms with van der Waals surface area (Å²) in [6.45, 7) is 4.90. The Balaban J connectivity index is 2.07. The third-order valence-corrected chi connectivity index (χ3v) is 4.19. The molecule has 0 aromatic heterocycles. The molecule has 0 bridgehead atoms. The van der Waals surface area contributed by atoms with Crippen LogP contribution in [-0.2, 0) is 4.74 Å². The number of halogens is 2. The maximum Gasteiger partial charge on any atom is 0.137 e. The zero-order chi connectivity index (χ0) is 13.7. The molecule has 2 atom stereocenters. The molecule has 1 aromatic rings. The molecule has 0 saturated carbocycles. The fourth-order valence-electron chi connectivity index (χ4n) is 2.57. The molecule has 1 fully saturated rings. The van der Waals surface area contributed by atoms with Crippen molar-refractivity contribution >= 4 is 15.9 Å². The van der Waals surface area contributed by atoms with E-state index in [4.69, 9.17) is 4.74 Å². The average molecular weight is 330 g/mol. The van der Waals surface area contributed by atoms with Crippen LogP contribution in [0.2, 0.25) is 0 Å². The highest BCUT2D eigenvalue weighted by molar-refractivity contribution is 9.10. The number of rotatable bonds is 5. The fraction of sp³-hybridized carbons (Fsp3) is 0.600. The van der Waals surface area contributed by atoms with E-state index < -0.39 is 0 Å². The molecule has 2 nitrogen and oxygen atoms in total. The van der Waals surface area contributed by atoms with Gasteiger partial charge >= 0.3 is 0 Å². The summed E-state index contributed by atoms with van der Waals surface area (Å²) in [7, 11) is 0. The van der Waals surface area contributed by atoms with E-state index in [1.165, 1.54) is 0 Å². The Morgan fingerprint density at radius 3 is 3.05 bits per heavy atom. The molecule has 1 saturated heterocycles. The van der Waals surface area contributed by atoms with Crippen LogP contribution < -0.4 is 5.32 Å². The Labute approximate surface area is 122 Å². The van der Waals surface area contributed by atoms with Crippen molar-refractivity contribution < 1.29 is 9.13 Å². The molecule has 1 N–H and O–H groups in total. The third-order valence-electron chi connectivity index (χ3n) is 3.55. The molecule has 2 unspecified atom stereocenters. The van der Waals surface area contributed by atoms with Crippen molar-refractivity contribution in [1.29, 1.82) is 0 Å². The Morgan fingerprint density at radius 2 is 2.32 bits per heavy atom. The van der Waals surface area contributed by atoms with Gasteiger partial charge in [-0.15, -0.1) is 0 Å². The third kappa shape index (κ3) is 4.01. The van der Waals surface area contributed by atoms with Crippen LogP contribution in [0.15, 0.2) is 22.7 Å². The molecular formula is C15H21BrFNO. The number of nitrogens with one attached hydrogen (secondary N) is 1. The first-order valence-electron chi connectivity index (χ1n) is 6.99. The van der Waals surface area contributed by atoms with Gasteiger partial charge in [-0.05, 0) is 59.4 Å². The second-order valence-corrected chi connectivity index (χ2v) is 5.93. The monoisotopic (exact) mass is 329 g/mol. The molecule has 4 heteroatoms. The van der Waals surface area contributed by atoms with Gasteiger partial charge in [0.05, 0.1) is 10.6 Å². The van der Waals surface area contributed by atoms with E-state index in [-0.39, 0.29) is 11.9 Å². The fourth-order valence-corrected chi connectivity index (χ4v) is 2.82. The van der Waals surface area contributed by atoms with E-state index in [1.54, 1.807) is 12.1 Å². The molecule has 1 aromatic carbocycles. The number of benzene rings is 1. The quantitative estimate of drug-likeness (QED) is 0.822. The Kier molecular flexibility index (Phi) is 5.79. The van der Waals surface area contributed by atoms with Gasteiger partial charge in [0.1, 0.15) is 5.82 Å². The topological polar surface area (TPSA) is 21.3 Å². The van der Waals surface area contributed by atoms with Crippen LogP contribution in [0.25, 0.3) is 0 Å². The number of hydrogen-bond donors (Lipinski definition) is 1. The summed E-state index contributed by atoms with van der Waals surface area (Å²) in [6.07, 6.45) is 3.37. The Hall–Kier alpha value is -0.450. The summed E-state index contributed by atoms with van der Waals surface area (Å²) in [5, 5.41) is 3.45. The standard InChI is InChI=1S/C15H21BrFNO/c1-2-7-18-10-12-4-3-8-19-15(12)11-5-6-13(16)14(17)9-11/h5-6,9,12,15,18H,2-4,7-8,10H2,1H3. The summed E-state index contributed by atoms with van der Waals surface area (Å²) < 4.78 is 20.0. The first-order valence-corrected chi connectivity index (χ1v) is 7.79. The first kappa shape index (κ1) is 14.9. The van der Waals surface area contributed by atoms with Crippen molar-refractivity contribution in [1.82, 2.24) is 5.32 Å². The molecule has 0 radical (unpaired) electrons.